The summed E-state index contributed by atoms with van der Waals surface area (Å²) in [7, 11) is 0. The lowest BCUT2D eigenvalue weighted by molar-refractivity contribution is 0.0848. The summed E-state index contributed by atoms with van der Waals surface area (Å²) >= 11 is 4.55. The van der Waals surface area contributed by atoms with E-state index in [4.69, 9.17) is 23.0 Å². The van der Waals surface area contributed by atoms with E-state index in [0.29, 0.717) is 16.4 Å². The molecule has 1 rings (SSSR count). The van der Waals surface area contributed by atoms with Crippen molar-refractivity contribution in [3.63, 3.8) is 0 Å². The molecule has 8 N–H and O–H groups in total. The van der Waals surface area contributed by atoms with Gasteiger partial charge in [0.25, 0.3) is 5.91 Å². The number of nitrogen functional groups attached to an aromatic ring is 2. The number of carbonyl (C=O) groups excluding carboxylic acids is 1. The first-order valence-electron chi connectivity index (χ1n) is 3.97. The van der Waals surface area contributed by atoms with Crippen LogP contribution in [0, 0.1) is 0 Å². The molecular weight excluding hydrogens is 214 g/mol. The molecule has 7 heteroatoms. The Balaban J connectivity index is 3.02. The number of nitrogens with two attached hydrogens (primary N) is 4. The fourth-order valence-electron chi connectivity index (χ4n) is 0.947. The van der Waals surface area contributed by atoms with E-state index in [1.807, 2.05) is 0 Å². The second-order valence-corrected chi connectivity index (χ2v) is 3.28. The first-order valence-corrected chi connectivity index (χ1v) is 4.38. The summed E-state index contributed by atoms with van der Waals surface area (Å²) in [6.45, 7) is 0. The van der Waals surface area contributed by atoms with Gasteiger partial charge in [0.15, 0.2) is 5.11 Å². The number of hydrogen-bond donors (Lipinski definition) is 4. The lowest BCUT2D eigenvalue weighted by Gasteiger charge is -2.14. The summed E-state index contributed by atoms with van der Waals surface area (Å²) in [6.07, 6.45) is 0. The monoisotopic (exact) mass is 225 g/mol. The fraction of sp³-hybridized carbons (Fsp3) is 0. The van der Waals surface area contributed by atoms with Crippen molar-refractivity contribution >= 4 is 34.6 Å². The van der Waals surface area contributed by atoms with Crippen LogP contribution < -0.4 is 23.0 Å². The summed E-state index contributed by atoms with van der Waals surface area (Å²) in [4.78, 5) is 11.6. The van der Waals surface area contributed by atoms with E-state index in [-0.39, 0.29) is 10.7 Å². The zero-order chi connectivity index (χ0) is 11.6. The Morgan fingerprint density at radius 2 is 1.87 bits per heavy atom. The van der Waals surface area contributed by atoms with Gasteiger partial charge >= 0.3 is 0 Å². The number of thiocarbonyl (C=S) groups is 1. The maximum atomic E-state index is 11.6. The van der Waals surface area contributed by atoms with Crippen LogP contribution in [0.5, 0.6) is 0 Å². The Hall–Kier alpha value is -1.86. The van der Waals surface area contributed by atoms with Crippen LogP contribution in [0.15, 0.2) is 18.2 Å². The Morgan fingerprint density at radius 1 is 1.27 bits per heavy atom. The van der Waals surface area contributed by atoms with Gasteiger partial charge in [-0.05, 0) is 30.4 Å². The van der Waals surface area contributed by atoms with Gasteiger partial charge in [-0.2, -0.15) is 0 Å². The van der Waals surface area contributed by atoms with Crippen molar-refractivity contribution in [1.82, 2.24) is 5.01 Å². The van der Waals surface area contributed by atoms with Gasteiger partial charge in [-0.25, -0.2) is 10.9 Å². The normalized spacial score (nSPS) is 9.67. The molecule has 0 unspecified atom stereocenters. The topological polar surface area (TPSA) is 124 Å². The molecule has 80 valence electrons. The molecule has 0 aliphatic heterocycles. The van der Waals surface area contributed by atoms with Crippen LogP contribution in [0.4, 0.5) is 11.4 Å². The minimum Gasteiger partial charge on any atom is -0.397 e. The number of anilines is 2. The third-order valence-electron chi connectivity index (χ3n) is 1.79. The minimum absolute atomic E-state index is 0.213. The largest absolute Gasteiger partial charge is 0.397 e. The fourth-order valence-corrected chi connectivity index (χ4v) is 1.03. The SMILES string of the molecule is NC(=S)N(N)C(=O)c1ccc(N)c(N)c1. The van der Waals surface area contributed by atoms with E-state index in [0.717, 1.165) is 0 Å². The Morgan fingerprint density at radius 3 is 2.33 bits per heavy atom. The number of benzene rings is 1. The average molecular weight is 225 g/mol. The van der Waals surface area contributed by atoms with Crippen molar-refractivity contribution in [2.75, 3.05) is 11.5 Å². The maximum absolute atomic E-state index is 11.6. The average Bonchev–Trinajstić information content (AvgIpc) is 2.19. The number of carbonyl (C=O) groups is 1. The number of hydrogen-bond acceptors (Lipinski definition) is 5. The zero-order valence-corrected chi connectivity index (χ0v) is 8.62. The highest BCUT2D eigenvalue weighted by Crippen LogP contribution is 2.16. The van der Waals surface area contributed by atoms with Crippen LogP contribution in [0.2, 0.25) is 0 Å². The highest BCUT2D eigenvalue weighted by atomic mass is 32.1. The molecule has 0 saturated heterocycles. The molecule has 0 spiro atoms. The first kappa shape index (κ1) is 11.2. The lowest BCUT2D eigenvalue weighted by atomic mass is 10.1. The van der Waals surface area contributed by atoms with Crippen molar-refractivity contribution in [2.45, 2.75) is 0 Å². The predicted octanol–water partition coefficient (Wildman–Crippen LogP) is -0.589. The molecule has 1 amide bonds. The van der Waals surface area contributed by atoms with Gasteiger partial charge in [-0.3, -0.25) is 4.79 Å². The molecule has 0 aliphatic rings. The quantitative estimate of drug-likeness (QED) is 0.166. The summed E-state index contributed by atoms with van der Waals surface area (Å²) in [6, 6.07) is 4.41. The maximum Gasteiger partial charge on any atom is 0.274 e. The Bertz CT molecular complexity index is 419. The van der Waals surface area contributed by atoms with Crippen LogP contribution >= 0.6 is 12.2 Å². The van der Waals surface area contributed by atoms with E-state index < -0.39 is 5.91 Å². The molecule has 6 nitrogen and oxygen atoms in total. The first-order chi connectivity index (χ1) is 6.93. The van der Waals surface area contributed by atoms with Crippen molar-refractivity contribution in [3.8, 4) is 0 Å². The number of nitrogens with zero attached hydrogens (tertiary/aromatic N) is 1. The van der Waals surface area contributed by atoms with E-state index in [9.17, 15) is 4.79 Å². The van der Waals surface area contributed by atoms with Gasteiger partial charge in [0.1, 0.15) is 0 Å². The number of hydrazine groups is 1. The van der Waals surface area contributed by atoms with Crippen LogP contribution in [-0.4, -0.2) is 16.0 Å². The second-order valence-electron chi connectivity index (χ2n) is 2.86. The summed E-state index contributed by atoms with van der Waals surface area (Å²) in [5.74, 6) is 4.79. The molecule has 0 heterocycles. The van der Waals surface area contributed by atoms with E-state index in [2.05, 4.69) is 12.2 Å². The van der Waals surface area contributed by atoms with Crippen molar-refractivity contribution in [2.24, 2.45) is 11.6 Å². The predicted molar refractivity (Wildman–Crippen MR) is 62.4 cm³/mol. The highest BCUT2D eigenvalue weighted by Gasteiger charge is 2.14. The molecular formula is C8H11N5OS. The lowest BCUT2D eigenvalue weighted by Crippen LogP contribution is -2.45. The van der Waals surface area contributed by atoms with E-state index in [1.165, 1.54) is 18.2 Å². The molecule has 15 heavy (non-hydrogen) atoms. The second kappa shape index (κ2) is 4.11. The van der Waals surface area contributed by atoms with E-state index in [1.54, 1.807) is 0 Å². The van der Waals surface area contributed by atoms with Gasteiger partial charge < -0.3 is 17.2 Å². The molecule has 1 aromatic carbocycles. The Kier molecular flexibility index (Phi) is 3.08. The number of rotatable bonds is 1. The van der Waals surface area contributed by atoms with Crippen LogP contribution in [0.1, 0.15) is 10.4 Å². The van der Waals surface area contributed by atoms with Crippen LogP contribution in [0.25, 0.3) is 0 Å². The van der Waals surface area contributed by atoms with Crippen LogP contribution in [-0.2, 0) is 0 Å². The molecule has 0 aromatic heterocycles. The van der Waals surface area contributed by atoms with Gasteiger partial charge in [0.2, 0.25) is 0 Å². The third-order valence-corrected chi connectivity index (χ3v) is 1.99. The van der Waals surface area contributed by atoms with Gasteiger partial charge in [-0.15, -0.1) is 0 Å². The molecule has 0 fully saturated rings. The summed E-state index contributed by atoms with van der Waals surface area (Å²) in [5, 5.41) is 0.454. The Labute approximate surface area is 91.8 Å². The standard InChI is InChI=1S/C8H11N5OS/c9-5-2-1-4(3-6(5)10)7(14)13(12)8(11)15/h1-3H,9-10,12H2,(H2,11,15). The molecule has 0 radical (unpaired) electrons. The molecule has 1 aromatic rings. The summed E-state index contributed by atoms with van der Waals surface area (Å²) < 4.78 is 0. The van der Waals surface area contributed by atoms with Crippen molar-refractivity contribution in [3.05, 3.63) is 23.8 Å². The molecule has 0 aliphatic carbocycles. The summed E-state index contributed by atoms with van der Waals surface area (Å²) in [5.41, 5.74) is 17.2. The molecule has 0 atom stereocenters. The smallest absolute Gasteiger partial charge is 0.274 e. The van der Waals surface area contributed by atoms with Crippen LogP contribution in [0.3, 0.4) is 0 Å². The van der Waals surface area contributed by atoms with E-state index >= 15 is 0 Å². The highest BCUT2D eigenvalue weighted by molar-refractivity contribution is 7.80. The van der Waals surface area contributed by atoms with Gasteiger partial charge in [0.05, 0.1) is 11.4 Å². The molecule has 0 bridgehead atoms. The minimum atomic E-state index is -0.533. The number of amides is 1. The zero-order valence-electron chi connectivity index (χ0n) is 7.81. The molecule has 0 saturated carbocycles. The van der Waals surface area contributed by atoms with Gasteiger partial charge in [0, 0.05) is 5.56 Å². The van der Waals surface area contributed by atoms with Crippen molar-refractivity contribution < 1.29 is 4.79 Å². The third kappa shape index (κ3) is 2.33. The van der Waals surface area contributed by atoms with Gasteiger partial charge in [-0.1, -0.05) is 0 Å². The van der Waals surface area contributed by atoms with Crippen molar-refractivity contribution in [1.29, 1.82) is 0 Å².